The summed E-state index contributed by atoms with van der Waals surface area (Å²) in [5.41, 5.74) is 6.09. The van der Waals surface area contributed by atoms with Crippen molar-refractivity contribution in [3.63, 3.8) is 0 Å². The number of primary amides is 1. The SMILES string of the molecule is Cc1cnc(Nc2ccc(N3CCN(C)CC3)cc2C(F)(F)F)nc1Nc1ccsc1C(N)=O. The first-order valence-electron chi connectivity index (χ1n) is 10.5. The van der Waals surface area contributed by atoms with Gasteiger partial charge in [-0.15, -0.1) is 11.3 Å². The lowest BCUT2D eigenvalue weighted by Gasteiger charge is -2.34. The Morgan fingerprint density at radius 3 is 2.53 bits per heavy atom. The number of benzene rings is 1. The van der Waals surface area contributed by atoms with Crippen molar-refractivity contribution in [3.8, 4) is 0 Å². The van der Waals surface area contributed by atoms with Crippen molar-refractivity contribution >= 4 is 46.1 Å². The average Bonchev–Trinajstić information content (AvgIpc) is 3.25. The number of hydrogen-bond donors (Lipinski definition) is 3. The molecular formula is C22H24F3N7OS. The number of nitrogens with one attached hydrogen (secondary N) is 2. The molecule has 1 saturated heterocycles. The Balaban J connectivity index is 1.61. The van der Waals surface area contributed by atoms with Gasteiger partial charge >= 0.3 is 6.18 Å². The van der Waals surface area contributed by atoms with Crippen LogP contribution in [-0.2, 0) is 6.18 Å². The molecule has 1 fully saturated rings. The summed E-state index contributed by atoms with van der Waals surface area (Å²) in [4.78, 5) is 24.5. The summed E-state index contributed by atoms with van der Waals surface area (Å²) in [6, 6.07) is 5.90. The van der Waals surface area contributed by atoms with Gasteiger partial charge in [0.15, 0.2) is 0 Å². The molecule has 180 valence electrons. The number of aromatic nitrogens is 2. The van der Waals surface area contributed by atoms with Crippen LogP contribution in [0.1, 0.15) is 20.8 Å². The quantitative estimate of drug-likeness (QED) is 0.475. The zero-order valence-corrected chi connectivity index (χ0v) is 19.4. The Hall–Kier alpha value is -3.38. The van der Waals surface area contributed by atoms with Gasteiger partial charge in [-0.1, -0.05) is 0 Å². The number of anilines is 5. The predicted molar refractivity (Wildman–Crippen MR) is 127 cm³/mol. The first-order valence-corrected chi connectivity index (χ1v) is 11.4. The molecule has 3 heterocycles. The summed E-state index contributed by atoms with van der Waals surface area (Å²) in [6.45, 7) is 4.64. The minimum Gasteiger partial charge on any atom is -0.369 e. The molecule has 1 aliphatic heterocycles. The van der Waals surface area contributed by atoms with E-state index in [4.69, 9.17) is 5.73 Å². The number of rotatable bonds is 6. The number of carbonyl (C=O) groups excluding carboxylic acids is 1. The van der Waals surface area contributed by atoms with E-state index in [1.165, 1.54) is 23.6 Å². The van der Waals surface area contributed by atoms with Gasteiger partial charge in [0, 0.05) is 43.6 Å². The fourth-order valence-electron chi connectivity index (χ4n) is 3.61. The summed E-state index contributed by atoms with van der Waals surface area (Å²) >= 11 is 1.18. The van der Waals surface area contributed by atoms with E-state index in [0.717, 1.165) is 19.2 Å². The fourth-order valence-corrected chi connectivity index (χ4v) is 4.31. The van der Waals surface area contributed by atoms with E-state index < -0.39 is 17.6 Å². The van der Waals surface area contributed by atoms with Crippen LogP contribution in [0, 0.1) is 6.92 Å². The number of nitrogens with two attached hydrogens (primary N) is 1. The monoisotopic (exact) mass is 491 g/mol. The molecule has 4 rings (SSSR count). The number of nitrogens with zero attached hydrogens (tertiary/aromatic N) is 4. The van der Waals surface area contributed by atoms with Crippen LogP contribution in [0.5, 0.6) is 0 Å². The second-order valence-corrected chi connectivity index (χ2v) is 8.94. The van der Waals surface area contributed by atoms with E-state index in [1.807, 2.05) is 11.9 Å². The Morgan fingerprint density at radius 2 is 1.85 bits per heavy atom. The second kappa shape index (κ2) is 9.47. The first-order chi connectivity index (χ1) is 16.1. The summed E-state index contributed by atoms with van der Waals surface area (Å²) in [5.74, 6) is -0.249. The van der Waals surface area contributed by atoms with E-state index in [2.05, 4.69) is 25.5 Å². The third-order valence-corrected chi connectivity index (χ3v) is 6.47. The number of alkyl halides is 3. The van der Waals surface area contributed by atoms with Crippen molar-refractivity contribution in [2.45, 2.75) is 13.1 Å². The Morgan fingerprint density at radius 1 is 1.12 bits per heavy atom. The van der Waals surface area contributed by atoms with Crippen LogP contribution in [-0.4, -0.2) is 54.0 Å². The number of hydrogen-bond acceptors (Lipinski definition) is 8. The van der Waals surface area contributed by atoms with Crippen LogP contribution in [0.15, 0.2) is 35.8 Å². The van der Waals surface area contributed by atoms with Crippen molar-refractivity contribution in [3.05, 3.63) is 51.8 Å². The molecular weight excluding hydrogens is 467 g/mol. The third-order valence-electron chi connectivity index (χ3n) is 5.54. The van der Waals surface area contributed by atoms with E-state index in [9.17, 15) is 18.0 Å². The average molecular weight is 492 g/mol. The maximum Gasteiger partial charge on any atom is 0.418 e. The number of likely N-dealkylation sites (N-methyl/N-ethyl adjacent to an activating group) is 1. The highest BCUT2D eigenvalue weighted by atomic mass is 32.1. The lowest BCUT2D eigenvalue weighted by Crippen LogP contribution is -2.44. The molecule has 4 N–H and O–H groups in total. The van der Waals surface area contributed by atoms with Gasteiger partial charge in [-0.3, -0.25) is 4.79 Å². The summed E-state index contributed by atoms with van der Waals surface area (Å²) < 4.78 is 41.7. The normalized spacial score (nSPS) is 14.8. The van der Waals surface area contributed by atoms with Crippen LogP contribution in [0.25, 0.3) is 0 Å². The molecule has 0 radical (unpaired) electrons. The molecule has 12 heteroatoms. The topological polar surface area (TPSA) is 99.4 Å². The van der Waals surface area contributed by atoms with Gasteiger partial charge in [0.1, 0.15) is 10.7 Å². The lowest BCUT2D eigenvalue weighted by atomic mass is 10.1. The highest BCUT2D eigenvalue weighted by molar-refractivity contribution is 7.12. The number of piperazine rings is 1. The van der Waals surface area contributed by atoms with E-state index in [-0.39, 0.29) is 11.6 Å². The minimum atomic E-state index is -4.57. The fraction of sp³-hybridized carbons (Fsp3) is 0.318. The second-order valence-electron chi connectivity index (χ2n) is 8.02. The van der Waals surface area contributed by atoms with Gasteiger partial charge in [-0.05, 0) is 43.6 Å². The van der Waals surface area contributed by atoms with E-state index in [1.54, 1.807) is 24.4 Å². The van der Waals surface area contributed by atoms with Crippen molar-refractivity contribution in [2.24, 2.45) is 5.73 Å². The van der Waals surface area contributed by atoms with Crippen LogP contribution in [0.2, 0.25) is 0 Å². The molecule has 0 atom stereocenters. The van der Waals surface area contributed by atoms with Gasteiger partial charge in [0.25, 0.3) is 5.91 Å². The molecule has 0 spiro atoms. The van der Waals surface area contributed by atoms with Gasteiger partial charge in [0.2, 0.25) is 5.95 Å². The minimum absolute atomic E-state index is 0.0122. The molecule has 34 heavy (non-hydrogen) atoms. The molecule has 1 amide bonds. The maximum absolute atomic E-state index is 13.9. The zero-order chi connectivity index (χ0) is 24.5. The summed E-state index contributed by atoms with van der Waals surface area (Å²) in [6.07, 6.45) is -3.08. The van der Waals surface area contributed by atoms with Crippen LogP contribution < -0.4 is 21.3 Å². The Kier molecular flexibility index (Phi) is 6.62. The highest BCUT2D eigenvalue weighted by Crippen LogP contribution is 2.38. The molecule has 3 aromatic rings. The van der Waals surface area contributed by atoms with Crippen LogP contribution in [0.4, 0.5) is 42.0 Å². The van der Waals surface area contributed by atoms with Gasteiger partial charge < -0.3 is 26.2 Å². The molecule has 2 aromatic heterocycles. The highest BCUT2D eigenvalue weighted by Gasteiger charge is 2.34. The van der Waals surface area contributed by atoms with Crippen molar-refractivity contribution in [1.82, 2.24) is 14.9 Å². The summed E-state index contributed by atoms with van der Waals surface area (Å²) in [7, 11) is 1.99. The largest absolute Gasteiger partial charge is 0.418 e. The van der Waals surface area contributed by atoms with E-state index >= 15 is 0 Å². The van der Waals surface area contributed by atoms with Gasteiger partial charge in [-0.25, -0.2) is 4.98 Å². The van der Waals surface area contributed by atoms with Crippen molar-refractivity contribution in [2.75, 3.05) is 48.8 Å². The molecule has 0 saturated carbocycles. The molecule has 1 aliphatic rings. The summed E-state index contributed by atoms with van der Waals surface area (Å²) in [5, 5.41) is 7.42. The Labute approximate surface area is 198 Å². The zero-order valence-electron chi connectivity index (χ0n) is 18.6. The molecule has 0 unspecified atom stereocenters. The first kappa shape index (κ1) is 23.8. The molecule has 0 bridgehead atoms. The number of halogens is 3. The van der Waals surface area contributed by atoms with Gasteiger partial charge in [0.05, 0.1) is 16.9 Å². The van der Waals surface area contributed by atoms with Crippen molar-refractivity contribution in [1.29, 1.82) is 0 Å². The van der Waals surface area contributed by atoms with E-state index in [0.29, 0.717) is 40.7 Å². The van der Waals surface area contributed by atoms with Crippen LogP contribution in [0.3, 0.4) is 0 Å². The third kappa shape index (κ3) is 5.23. The number of aryl methyl sites for hydroxylation is 1. The molecule has 8 nitrogen and oxygen atoms in total. The predicted octanol–water partition coefficient (Wildman–Crippen LogP) is 4.20. The van der Waals surface area contributed by atoms with Crippen molar-refractivity contribution < 1.29 is 18.0 Å². The number of amides is 1. The maximum atomic E-state index is 13.9. The standard InChI is InChI=1S/C22H24F3N7OS/c1-13-12-27-21(30-20(13)28-17-5-10-34-18(17)19(26)33)29-16-4-3-14(11-15(16)22(23,24)25)32-8-6-31(2)7-9-32/h3-5,10-12H,6-9H2,1-2H3,(H2,26,33)(H2,27,28,29,30). The smallest absolute Gasteiger partial charge is 0.369 e. The molecule has 1 aromatic carbocycles. The van der Waals surface area contributed by atoms with Crippen LogP contribution >= 0.6 is 11.3 Å². The number of thiophene rings is 1. The molecule has 0 aliphatic carbocycles. The Bertz CT molecular complexity index is 1190. The van der Waals surface area contributed by atoms with Gasteiger partial charge in [-0.2, -0.15) is 18.2 Å². The lowest BCUT2D eigenvalue weighted by molar-refractivity contribution is -0.136. The number of carbonyl (C=O) groups is 1.